The molecule has 0 radical (unpaired) electrons. The third-order valence-electron chi connectivity index (χ3n) is 11.5. The molecule has 0 aromatic rings. The number of rotatable bonds is 48. The Hall–Kier alpha value is -2.63. The number of hydrogen-bond acceptors (Lipinski definition) is 6. The zero-order chi connectivity index (χ0) is 45.1. The second kappa shape index (κ2) is 51.0. The van der Waals surface area contributed by atoms with Gasteiger partial charge in [-0.25, -0.2) is 0 Å². The van der Waals surface area contributed by atoms with Gasteiger partial charge in [-0.05, 0) is 103 Å². The molecule has 0 heterocycles. The van der Waals surface area contributed by atoms with E-state index in [2.05, 4.69) is 69.4 Å². The van der Waals surface area contributed by atoms with Gasteiger partial charge in [-0.3, -0.25) is 14.4 Å². The third kappa shape index (κ3) is 48.4. The van der Waals surface area contributed by atoms with Gasteiger partial charge in [0.05, 0.1) is 0 Å². The van der Waals surface area contributed by atoms with E-state index in [1.54, 1.807) is 0 Å². The van der Waals surface area contributed by atoms with Gasteiger partial charge in [0.15, 0.2) is 6.10 Å². The lowest BCUT2D eigenvalue weighted by Crippen LogP contribution is -2.30. The topological polar surface area (TPSA) is 78.9 Å². The van der Waals surface area contributed by atoms with Gasteiger partial charge < -0.3 is 14.2 Å². The summed E-state index contributed by atoms with van der Waals surface area (Å²) in [6.07, 6.45) is 60.9. The Morgan fingerprint density at radius 1 is 0.323 bits per heavy atom. The molecule has 0 amide bonds. The van der Waals surface area contributed by atoms with Crippen molar-refractivity contribution in [1.29, 1.82) is 0 Å². The Morgan fingerprint density at radius 2 is 0.581 bits per heavy atom. The molecule has 0 aliphatic heterocycles. The number of hydrogen-bond donors (Lipinski definition) is 0. The van der Waals surface area contributed by atoms with Crippen molar-refractivity contribution in [3.63, 3.8) is 0 Å². The summed E-state index contributed by atoms with van der Waals surface area (Å²) in [4.78, 5) is 38.0. The zero-order valence-corrected chi connectivity index (χ0v) is 41.1. The molecule has 360 valence electrons. The summed E-state index contributed by atoms with van der Waals surface area (Å²) < 4.78 is 16.8. The summed E-state index contributed by atoms with van der Waals surface area (Å²) >= 11 is 0. The standard InChI is InChI=1S/C56H100O6/c1-4-7-10-13-16-19-22-25-28-29-32-34-37-40-43-46-49-55(58)61-52-53(62-56(59)50-47-44-41-38-35-31-27-24-21-18-15-12-9-6-3)51-60-54(57)48-45-42-39-36-33-30-26-23-20-17-14-11-8-5-2/h19,22-24,26-29,53H,4-18,20-21,25,30-52H2,1-3H3/b22-19-,26-23-,27-24-,29-28-. The van der Waals surface area contributed by atoms with Crippen molar-refractivity contribution in [3.8, 4) is 0 Å². The summed E-state index contributed by atoms with van der Waals surface area (Å²) in [5.74, 6) is -0.907. The quantitative estimate of drug-likeness (QED) is 0.0262. The van der Waals surface area contributed by atoms with E-state index < -0.39 is 6.10 Å². The average Bonchev–Trinajstić information content (AvgIpc) is 3.27. The van der Waals surface area contributed by atoms with Crippen molar-refractivity contribution in [2.24, 2.45) is 0 Å². The van der Waals surface area contributed by atoms with E-state index in [0.717, 1.165) is 96.3 Å². The molecule has 0 saturated heterocycles. The molecule has 0 N–H and O–H groups in total. The molecule has 0 aliphatic rings. The number of unbranched alkanes of at least 4 members (excludes halogenated alkanes) is 29. The third-order valence-corrected chi connectivity index (χ3v) is 11.5. The molecular weight excluding hydrogens is 769 g/mol. The minimum Gasteiger partial charge on any atom is -0.462 e. The number of ether oxygens (including phenoxy) is 3. The van der Waals surface area contributed by atoms with Crippen LogP contribution in [-0.2, 0) is 28.6 Å². The van der Waals surface area contributed by atoms with E-state index in [4.69, 9.17) is 14.2 Å². The van der Waals surface area contributed by atoms with Crippen LogP contribution in [0.3, 0.4) is 0 Å². The second-order valence-electron chi connectivity index (χ2n) is 17.8. The van der Waals surface area contributed by atoms with Crippen molar-refractivity contribution in [2.45, 2.75) is 277 Å². The van der Waals surface area contributed by atoms with Gasteiger partial charge >= 0.3 is 17.9 Å². The minimum atomic E-state index is -0.785. The monoisotopic (exact) mass is 869 g/mol. The fraction of sp³-hybridized carbons (Fsp3) is 0.804. The van der Waals surface area contributed by atoms with Crippen molar-refractivity contribution >= 4 is 17.9 Å². The maximum Gasteiger partial charge on any atom is 0.306 e. The first-order valence-corrected chi connectivity index (χ1v) is 26.6. The normalized spacial score (nSPS) is 12.4. The van der Waals surface area contributed by atoms with E-state index >= 15 is 0 Å². The highest BCUT2D eigenvalue weighted by Crippen LogP contribution is 2.14. The van der Waals surface area contributed by atoms with Crippen molar-refractivity contribution in [1.82, 2.24) is 0 Å². The van der Waals surface area contributed by atoms with Crippen LogP contribution in [0.5, 0.6) is 0 Å². The number of carbonyl (C=O) groups is 3. The highest BCUT2D eigenvalue weighted by atomic mass is 16.6. The van der Waals surface area contributed by atoms with Gasteiger partial charge in [0.1, 0.15) is 13.2 Å². The molecule has 0 aromatic heterocycles. The Labute approximate surface area is 384 Å². The smallest absolute Gasteiger partial charge is 0.306 e. The van der Waals surface area contributed by atoms with E-state index in [1.807, 2.05) is 0 Å². The molecule has 6 heteroatoms. The van der Waals surface area contributed by atoms with Gasteiger partial charge in [-0.1, -0.05) is 198 Å². The van der Waals surface area contributed by atoms with Gasteiger partial charge in [0, 0.05) is 19.3 Å². The molecule has 0 saturated carbocycles. The van der Waals surface area contributed by atoms with Gasteiger partial charge in [0.25, 0.3) is 0 Å². The summed E-state index contributed by atoms with van der Waals surface area (Å²) in [6, 6.07) is 0. The predicted molar refractivity (Wildman–Crippen MR) is 265 cm³/mol. The fourth-order valence-electron chi connectivity index (χ4n) is 7.46. The van der Waals surface area contributed by atoms with Crippen LogP contribution in [0.4, 0.5) is 0 Å². The van der Waals surface area contributed by atoms with Crippen LogP contribution in [0.25, 0.3) is 0 Å². The first kappa shape index (κ1) is 59.4. The maximum absolute atomic E-state index is 12.8. The second-order valence-corrected chi connectivity index (χ2v) is 17.8. The molecule has 0 rings (SSSR count). The molecule has 6 nitrogen and oxygen atoms in total. The molecule has 0 spiro atoms. The van der Waals surface area contributed by atoms with Crippen molar-refractivity contribution < 1.29 is 28.6 Å². The van der Waals surface area contributed by atoms with Gasteiger partial charge in [-0.2, -0.15) is 0 Å². The maximum atomic E-state index is 12.8. The molecule has 0 fully saturated rings. The van der Waals surface area contributed by atoms with Crippen LogP contribution < -0.4 is 0 Å². The Kier molecular flexibility index (Phi) is 48.8. The van der Waals surface area contributed by atoms with E-state index in [-0.39, 0.29) is 31.1 Å². The Bertz CT molecular complexity index is 1090. The minimum absolute atomic E-state index is 0.0845. The Morgan fingerprint density at radius 3 is 0.919 bits per heavy atom. The highest BCUT2D eigenvalue weighted by molar-refractivity contribution is 5.71. The largest absolute Gasteiger partial charge is 0.462 e. The van der Waals surface area contributed by atoms with E-state index in [9.17, 15) is 14.4 Å². The lowest BCUT2D eigenvalue weighted by molar-refractivity contribution is -0.167. The molecule has 0 bridgehead atoms. The van der Waals surface area contributed by atoms with Crippen LogP contribution >= 0.6 is 0 Å². The molecule has 0 aliphatic carbocycles. The van der Waals surface area contributed by atoms with Gasteiger partial charge in [-0.15, -0.1) is 0 Å². The van der Waals surface area contributed by atoms with E-state index in [0.29, 0.717) is 19.3 Å². The summed E-state index contributed by atoms with van der Waals surface area (Å²) in [6.45, 7) is 6.59. The molecule has 1 unspecified atom stereocenters. The predicted octanol–water partition coefficient (Wildman–Crippen LogP) is 17.5. The van der Waals surface area contributed by atoms with Crippen LogP contribution in [0.1, 0.15) is 271 Å². The Balaban J connectivity index is 4.41. The number of allylic oxidation sites excluding steroid dienone is 8. The lowest BCUT2D eigenvalue weighted by atomic mass is 10.1. The number of esters is 3. The first-order chi connectivity index (χ1) is 30.5. The molecule has 0 aromatic carbocycles. The number of carbonyl (C=O) groups excluding carboxylic acids is 3. The highest BCUT2D eigenvalue weighted by Gasteiger charge is 2.19. The molecule has 62 heavy (non-hydrogen) atoms. The average molecular weight is 869 g/mol. The van der Waals surface area contributed by atoms with Crippen LogP contribution in [0.15, 0.2) is 48.6 Å². The fourth-order valence-corrected chi connectivity index (χ4v) is 7.46. The van der Waals surface area contributed by atoms with Crippen LogP contribution in [0, 0.1) is 0 Å². The van der Waals surface area contributed by atoms with Crippen molar-refractivity contribution in [3.05, 3.63) is 48.6 Å². The molecular formula is C56H100O6. The van der Waals surface area contributed by atoms with Crippen LogP contribution in [0.2, 0.25) is 0 Å². The first-order valence-electron chi connectivity index (χ1n) is 26.6. The zero-order valence-electron chi connectivity index (χ0n) is 41.1. The van der Waals surface area contributed by atoms with Crippen LogP contribution in [-0.4, -0.2) is 37.2 Å². The van der Waals surface area contributed by atoms with Gasteiger partial charge in [0.2, 0.25) is 0 Å². The summed E-state index contributed by atoms with van der Waals surface area (Å²) in [5.41, 5.74) is 0. The summed E-state index contributed by atoms with van der Waals surface area (Å²) in [7, 11) is 0. The van der Waals surface area contributed by atoms with Crippen molar-refractivity contribution in [2.75, 3.05) is 13.2 Å². The SMILES string of the molecule is CCCCCC/C=C\C/C=C\CCCCCCCC(=O)OCC(COC(=O)CCCCCCC/C=C\CCCCCCC)OC(=O)CCCCCCC/C=C\CCCCCCC. The lowest BCUT2D eigenvalue weighted by Gasteiger charge is -2.18. The molecule has 1 atom stereocenters. The summed E-state index contributed by atoms with van der Waals surface area (Å²) in [5, 5.41) is 0. The van der Waals surface area contributed by atoms with E-state index in [1.165, 1.54) is 135 Å².